The molecule has 0 aliphatic carbocycles. The fraction of sp³-hybridized carbons (Fsp3) is 0.905. The van der Waals surface area contributed by atoms with E-state index >= 15 is 0 Å². The van der Waals surface area contributed by atoms with Crippen molar-refractivity contribution in [2.45, 2.75) is 80.1 Å². The van der Waals surface area contributed by atoms with Crippen molar-refractivity contribution >= 4 is 11.7 Å². The van der Waals surface area contributed by atoms with E-state index in [1.54, 1.807) is 0 Å². The van der Waals surface area contributed by atoms with Gasteiger partial charge >= 0.3 is 0 Å². The van der Waals surface area contributed by atoms with Gasteiger partial charge in [0.1, 0.15) is 5.78 Å². The van der Waals surface area contributed by atoms with Crippen LogP contribution in [0.4, 0.5) is 0 Å². The monoisotopic (exact) mass is 375 g/mol. The first-order valence-electron chi connectivity index (χ1n) is 10.4. The highest BCUT2D eigenvalue weighted by Crippen LogP contribution is 2.04. The average Bonchev–Trinajstić information content (AvgIpc) is 2.60. The van der Waals surface area contributed by atoms with E-state index in [1.807, 2.05) is 27.7 Å². The van der Waals surface area contributed by atoms with E-state index in [4.69, 9.17) is 9.47 Å². The highest BCUT2D eigenvalue weighted by atomic mass is 16.5. The Kier molecular flexibility index (Phi) is 21.4. The summed E-state index contributed by atoms with van der Waals surface area (Å²) in [6.07, 6.45) is 4.41. The summed E-state index contributed by atoms with van der Waals surface area (Å²) in [5.41, 5.74) is 0. The Bertz CT molecular complexity index is 336. The molecule has 0 saturated carbocycles. The van der Waals surface area contributed by atoms with E-state index in [1.165, 1.54) is 0 Å². The van der Waals surface area contributed by atoms with Crippen molar-refractivity contribution in [2.75, 3.05) is 33.0 Å². The van der Waals surface area contributed by atoms with Crippen LogP contribution in [0.25, 0.3) is 0 Å². The Balaban J connectivity index is -0.00000185. The molecule has 0 unspecified atom stereocenters. The van der Waals surface area contributed by atoms with Crippen molar-refractivity contribution in [2.24, 2.45) is 11.8 Å². The molecule has 5 nitrogen and oxygen atoms in total. The first-order valence-corrected chi connectivity index (χ1v) is 10.4. The van der Waals surface area contributed by atoms with E-state index in [0.29, 0.717) is 38.3 Å². The molecule has 0 fully saturated rings. The van der Waals surface area contributed by atoms with Crippen molar-refractivity contribution in [1.82, 2.24) is 5.32 Å². The molecular weight excluding hydrogens is 330 g/mol. The molecule has 1 N–H and O–H groups in total. The molecule has 158 valence electrons. The summed E-state index contributed by atoms with van der Waals surface area (Å²) in [6.45, 7) is 15.7. The maximum atomic E-state index is 11.6. The molecule has 0 radical (unpaired) electrons. The highest BCUT2D eigenvalue weighted by molar-refractivity contribution is 5.81. The number of unbranched alkanes of at least 4 members (excludes halogenated alkanes) is 1. The SMILES string of the molecule is CC.CC(C)COCCCCOCCCNC(=O)CCCC(=O)C(C)C.[HH]. The second kappa shape index (κ2) is 20.4. The molecule has 0 heterocycles. The number of ether oxygens (including phenoxy) is 2. The van der Waals surface area contributed by atoms with Gasteiger partial charge < -0.3 is 14.8 Å². The first kappa shape index (κ1) is 27.3. The van der Waals surface area contributed by atoms with Crippen LogP contribution in [0.1, 0.15) is 81.5 Å². The number of amides is 1. The fourth-order valence-electron chi connectivity index (χ4n) is 2.03. The Morgan fingerprint density at radius 1 is 0.846 bits per heavy atom. The number of hydrogen-bond acceptors (Lipinski definition) is 4. The number of hydrogen-bond donors (Lipinski definition) is 1. The van der Waals surface area contributed by atoms with E-state index in [-0.39, 0.29) is 19.0 Å². The lowest BCUT2D eigenvalue weighted by molar-refractivity contribution is -0.122. The van der Waals surface area contributed by atoms with E-state index in [0.717, 1.165) is 39.1 Å². The lowest BCUT2D eigenvalue weighted by atomic mass is 10.0. The molecule has 0 aliphatic rings. The summed E-state index contributed by atoms with van der Waals surface area (Å²) >= 11 is 0. The Morgan fingerprint density at radius 3 is 2.00 bits per heavy atom. The zero-order valence-corrected chi connectivity index (χ0v) is 18.1. The molecule has 0 aromatic heterocycles. The smallest absolute Gasteiger partial charge is 0.220 e. The van der Waals surface area contributed by atoms with Gasteiger partial charge in [0.2, 0.25) is 5.91 Å². The van der Waals surface area contributed by atoms with Gasteiger partial charge in [-0.05, 0) is 31.6 Å². The number of carbonyl (C=O) groups is 2. The normalized spacial score (nSPS) is 10.6. The Morgan fingerprint density at radius 2 is 1.42 bits per heavy atom. The fourth-order valence-corrected chi connectivity index (χ4v) is 2.03. The van der Waals surface area contributed by atoms with Crippen molar-refractivity contribution in [1.29, 1.82) is 0 Å². The molecule has 0 aromatic rings. The Hall–Kier alpha value is -0.940. The molecule has 0 aromatic carbocycles. The number of carbonyl (C=O) groups excluding carboxylic acids is 2. The molecule has 0 rings (SSSR count). The van der Waals surface area contributed by atoms with Crippen LogP contribution in [0, 0.1) is 11.8 Å². The van der Waals surface area contributed by atoms with E-state index in [2.05, 4.69) is 19.2 Å². The number of rotatable bonds is 16. The minimum absolute atomic E-state index is 0. The van der Waals surface area contributed by atoms with Crippen LogP contribution in [0.15, 0.2) is 0 Å². The van der Waals surface area contributed by atoms with E-state index in [9.17, 15) is 9.59 Å². The largest absolute Gasteiger partial charge is 0.381 e. The molecule has 1 amide bonds. The van der Waals surface area contributed by atoms with Gasteiger partial charge in [0.25, 0.3) is 0 Å². The molecular formula is C21H45NO4. The van der Waals surface area contributed by atoms with Crippen molar-refractivity contribution in [3.05, 3.63) is 0 Å². The van der Waals surface area contributed by atoms with Crippen LogP contribution in [0.2, 0.25) is 0 Å². The molecule has 0 saturated heterocycles. The van der Waals surface area contributed by atoms with Crippen LogP contribution in [-0.4, -0.2) is 44.7 Å². The average molecular weight is 376 g/mol. The molecule has 0 aliphatic heterocycles. The van der Waals surface area contributed by atoms with Gasteiger partial charge in [0.15, 0.2) is 0 Å². The van der Waals surface area contributed by atoms with Crippen LogP contribution < -0.4 is 5.32 Å². The summed E-state index contributed by atoms with van der Waals surface area (Å²) in [5, 5.41) is 2.86. The third-order valence-corrected chi connectivity index (χ3v) is 3.54. The van der Waals surface area contributed by atoms with Gasteiger partial charge in [0.05, 0.1) is 0 Å². The zero-order valence-electron chi connectivity index (χ0n) is 18.1. The summed E-state index contributed by atoms with van der Waals surface area (Å²) in [5.74, 6) is 0.902. The van der Waals surface area contributed by atoms with Gasteiger partial charge in [-0.15, -0.1) is 0 Å². The van der Waals surface area contributed by atoms with Gasteiger partial charge in [-0.1, -0.05) is 41.5 Å². The highest BCUT2D eigenvalue weighted by Gasteiger charge is 2.08. The molecule has 0 bridgehead atoms. The summed E-state index contributed by atoms with van der Waals surface area (Å²) in [6, 6.07) is 0. The quantitative estimate of drug-likeness (QED) is 0.399. The summed E-state index contributed by atoms with van der Waals surface area (Å²) < 4.78 is 11.0. The van der Waals surface area contributed by atoms with Crippen LogP contribution in [-0.2, 0) is 19.1 Å². The van der Waals surface area contributed by atoms with Gasteiger partial charge in [0, 0.05) is 53.2 Å². The minimum atomic E-state index is 0. The number of ketones is 1. The maximum Gasteiger partial charge on any atom is 0.220 e. The van der Waals surface area contributed by atoms with Crippen molar-refractivity contribution in [3.8, 4) is 0 Å². The first-order chi connectivity index (χ1) is 12.4. The second-order valence-electron chi connectivity index (χ2n) is 6.97. The second-order valence-corrected chi connectivity index (χ2v) is 6.97. The topological polar surface area (TPSA) is 64.6 Å². The maximum absolute atomic E-state index is 11.6. The number of Topliss-reactive ketones (excluding diaryl/α,β-unsaturated/α-hetero) is 1. The molecule has 26 heavy (non-hydrogen) atoms. The van der Waals surface area contributed by atoms with Gasteiger partial charge in [-0.3, -0.25) is 9.59 Å². The lowest BCUT2D eigenvalue weighted by Crippen LogP contribution is -2.25. The third kappa shape index (κ3) is 21.1. The van der Waals surface area contributed by atoms with Crippen molar-refractivity contribution < 1.29 is 20.5 Å². The minimum Gasteiger partial charge on any atom is -0.381 e. The lowest BCUT2D eigenvalue weighted by Gasteiger charge is -2.08. The summed E-state index contributed by atoms with van der Waals surface area (Å²) in [4.78, 5) is 23.0. The Labute approximate surface area is 163 Å². The predicted octanol–water partition coefficient (Wildman–Crippen LogP) is 4.63. The predicted molar refractivity (Wildman–Crippen MR) is 110 cm³/mol. The molecule has 0 atom stereocenters. The van der Waals surface area contributed by atoms with Gasteiger partial charge in [-0.2, -0.15) is 0 Å². The van der Waals surface area contributed by atoms with E-state index < -0.39 is 0 Å². The van der Waals surface area contributed by atoms with Gasteiger partial charge in [-0.25, -0.2) is 0 Å². The van der Waals surface area contributed by atoms with Crippen LogP contribution in [0.3, 0.4) is 0 Å². The standard InChI is InChI=1S/C19H37NO4.C2H6.H2/c1-16(2)15-24-13-6-5-12-23-14-8-11-20-19(22)10-7-9-18(21)17(3)4;1-2;/h16-17H,5-15H2,1-4H3,(H,20,22);1-2H3;1H. The summed E-state index contributed by atoms with van der Waals surface area (Å²) in [7, 11) is 0. The van der Waals surface area contributed by atoms with Crippen molar-refractivity contribution in [3.63, 3.8) is 0 Å². The molecule has 0 spiro atoms. The molecule has 5 heteroatoms. The van der Waals surface area contributed by atoms with Crippen LogP contribution in [0.5, 0.6) is 0 Å². The zero-order chi connectivity index (χ0) is 20.2. The number of nitrogens with one attached hydrogen (secondary N) is 1. The third-order valence-electron chi connectivity index (χ3n) is 3.54. The van der Waals surface area contributed by atoms with Crippen LogP contribution >= 0.6 is 0 Å².